The number of nitrogens with zero attached hydrogens (tertiary/aromatic N) is 1. The van der Waals surface area contributed by atoms with E-state index in [1.165, 1.54) is 6.07 Å². The molecule has 0 aromatic heterocycles. The van der Waals surface area contributed by atoms with Crippen LogP contribution in [0.1, 0.15) is 30.9 Å². The second-order valence-corrected chi connectivity index (χ2v) is 9.62. The van der Waals surface area contributed by atoms with Crippen molar-refractivity contribution in [1.29, 1.82) is 0 Å². The zero-order valence-corrected chi connectivity index (χ0v) is 17.9. The molecule has 2 aromatic rings. The number of carbonyl (C=O) groups excluding carboxylic acids is 1. The molecule has 174 valence electrons. The zero-order valence-electron chi connectivity index (χ0n) is 17.1. The quantitative estimate of drug-likeness (QED) is 0.627. The Labute approximate surface area is 182 Å². The Balaban J connectivity index is 2.14. The molecule has 3 rings (SSSR count). The van der Waals surface area contributed by atoms with Crippen LogP contribution in [0.3, 0.4) is 0 Å². The Morgan fingerprint density at radius 2 is 1.81 bits per heavy atom. The fraction of sp³-hybridized carbons (Fsp3) is 0.381. The van der Waals surface area contributed by atoms with Crippen molar-refractivity contribution in [2.75, 3.05) is 10.8 Å². The number of aliphatic hydroxyl groups is 1. The van der Waals surface area contributed by atoms with Crippen LogP contribution in [0.5, 0.6) is 0 Å². The normalized spacial score (nSPS) is 18.7. The van der Waals surface area contributed by atoms with E-state index in [4.69, 9.17) is 5.73 Å². The van der Waals surface area contributed by atoms with Gasteiger partial charge in [-0.05, 0) is 61.2 Å². The molecule has 0 aliphatic carbocycles. The Bertz CT molecular complexity index is 1120. The first-order valence-corrected chi connectivity index (χ1v) is 11.2. The molecule has 6 nitrogen and oxygen atoms in total. The highest BCUT2D eigenvalue weighted by molar-refractivity contribution is 7.92. The lowest BCUT2D eigenvalue weighted by atomic mass is 9.89. The van der Waals surface area contributed by atoms with Crippen molar-refractivity contribution in [3.05, 3.63) is 59.4 Å². The van der Waals surface area contributed by atoms with Gasteiger partial charge in [-0.3, -0.25) is 9.10 Å². The fourth-order valence-corrected chi connectivity index (χ4v) is 5.40. The lowest BCUT2D eigenvalue weighted by Crippen LogP contribution is -2.45. The fourth-order valence-electron chi connectivity index (χ4n) is 3.68. The van der Waals surface area contributed by atoms with E-state index in [0.29, 0.717) is 6.92 Å². The molecular weight excluding hydrogens is 452 g/mol. The van der Waals surface area contributed by atoms with Gasteiger partial charge in [-0.15, -0.1) is 0 Å². The predicted molar refractivity (Wildman–Crippen MR) is 109 cm³/mol. The lowest BCUT2D eigenvalue weighted by Gasteiger charge is -2.38. The molecule has 0 saturated heterocycles. The topological polar surface area (TPSA) is 101 Å². The maximum atomic E-state index is 13.4. The molecule has 0 saturated carbocycles. The highest BCUT2D eigenvalue weighted by atomic mass is 32.2. The molecule has 0 radical (unpaired) electrons. The van der Waals surface area contributed by atoms with Crippen molar-refractivity contribution < 1.29 is 35.9 Å². The monoisotopic (exact) mass is 474 g/mol. The van der Waals surface area contributed by atoms with Gasteiger partial charge in [0.15, 0.2) is 5.60 Å². The molecule has 0 bridgehead atoms. The standard InChI is InChI=1S/C21H22F4N2O4S/c1-20(29,21(23,24)25)14-3-9-19-13(10-14)2-6-16(11-17(28)12-26)27(19)32(30,31)18-7-4-15(22)5-8-18/h3-5,7-10,16,29H,2,6,11-12,26H2,1H3/t16-,20?/m0/s1. The van der Waals surface area contributed by atoms with Gasteiger partial charge in [-0.2, -0.15) is 13.2 Å². The number of fused-ring (bicyclic) bond motifs is 1. The van der Waals surface area contributed by atoms with E-state index >= 15 is 0 Å². The summed E-state index contributed by atoms with van der Waals surface area (Å²) in [7, 11) is -4.28. The van der Waals surface area contributed by atoms with Gasteiger partial charge in [-0.25, -0.2) is 12.8 Å². The number of sulfonamides is 1. The SMILES string of the molecule is CC(O)(c1ccc2c(c1)CC[C@@H](CC(=O)CN)N2S(=O)(=O)c1ccc(F)cc1)C(F)(F)F. The summed E-state index contributed by atoms with van der Waals surface area (Å²) in [6.45, 7) is 0.328. The van der Waals surface area contributed by atoms with Crippen LogP contribution in [-0.2, 0) is 26.8 Å². The van der Waals surface area contributed by atoms with Gasteiger partial charge in [-0.1, -0.05) is 12.1 Å². The summed E-state index contributed by atoms with van der Waals surface area (Å²) in [5, 5.41) is 10.0. The molecular formula is C21H22F4N2O4S. The largest absolute Gasteiger partial charge is 0.421 e. The first kappa shape index (κ1) is 24.1. The van der Waals surface area contributed by atoms with E-state index in [9.17, 15) is 35.9 Å². The third kappa shape index (κ3) is 4.37. The summed E-state index contributed by atoms with van der Waals surface area (Å²) in [4.78, 5) is 11.8. The van der Waals surface area contributed by atoms with Crippen LogP contribution in [0.15, 0.2) is 47.4 Å². The molecule has 2 atom stereocenters. The molecule has 0 spiro atoms. The molecule has 1 unspecified atom stereocenters. The Morgan fingerprint density at radius 3 is 2.38 bits per heavy atom. The zero-order chi connectivity index (χ0) is 23.9. The van der Waals surface area contributed by atoms with Gasteiger partial charge in [0, 0.05) is 6.42 Å². The minimum Gasteiger partial charge on any atom is -0.376 e. The predicted octanol–water partition coefficient (Wildman–Crippen LogP) is 3.02. The minimum absolute atomic E-state index is 0.0946. The number of nitrogens with two attached hydrogens (primary N) is 1. The van der Waals surface area contributed by atoms with E-state index in [1.807, 2.05) is 0 Å². The first-order valence-electron chi connectivity index (χ1n) is 9.73. The van der Waals surface area contributed by atoms with Crippen LogP contribution < -0.4 is 10.0 Å². The summed E-state index contributed by atoms with van der Waals surface area (Å²) < 4.78 is 81.0. The summed E-state index contributed by atoms with van der Waals surface area (Å²) in [5.74, 6) is -1.02. The number of halogens is 4. The van der Waals surface area contributed by atoms with Crippen LogP contribution in [-0.4, -0.2) is 38.1 Å². The van der Waals surface area contributed by atoms with Gasteiger partial charge in [0.25, 0.3) is 10.0 Å². The summed E-state index contributed by atoms with van der Waals surface area (Å²) in [6, 6.07) is 6.59. The number of aryl methyl sites for hydroxylation is 1. The smallest absolute Gasteiger partial charge is 0.376 e. The van der Waals surface area contributed by atoms with Crippen LogP contribution in [0.2, 0.25) is 0 Å². The highest BCUT2D eigenvalue weighted by Gasteiger charge is 2.51. The summed E-state index contributed by atoms with van der Waals surface area (Å²) in [6.07, 6.45) is -4.78. The van der Waals surface area contributed by atoms with Crippen LogP contribution in [0, 0.1) is 5.82 Å². The van der Waals surface area contributed by atoms with Crippen molar-refractivity contribution in [3.63, 3.8) is 0 Å². The number of hydrogen-bond donors (Lipinski definition) is 2. The molecule has 0 fully saturated rings. The van der Waals surface area contributed by atoms with Gasteiger partial charge >= 0.3 is 6.18 Å². The number of benzene rings is 2. The molecule has 1 heterocycles. The van der Waals surface area contributed by atoms with Crippen molar-refractivity contribution >= 4 is 21.5 Å². The molecule has 3 N–H and O–H groups in total. The van der Waals surface area contributed by atoms with Gasteiger partial charge in [0.1, 0.15) is 11.6 Å². The highest BCUT2D eigenvalue weighted by Crippen LogP contribution is 2.42. The second kappa shape index (κ2) is 8.45. The summed E-state index contributed by atoms with van der Waals surface area (Å²) in [5.41, 5.74) is 2.19. The molecule has 11 heteroatoms. The molecule has 0 amide bonds. The van der Waals surface area contributed by atoms with E-state index in [0.717, 1.165) is 40.7 Å². The van der Waals surface area contributed by atoms with Crippen LogP contribution in [0.4, 0.5) is 23.2 Å². The molecule has 2 aromatic carbocycles. The average Bonchev–Trinajstić information content (AvgIpc) is 2.72. The number of Topliss-reactive ketones (excluding diaryl/α,β-unsaturated/α-hetero) is 1. The molecule has 1 aliphatic rings. The van der Waals surface area contributed by atoms with E-state index in [1.54, 1.807) is 0 Å². The number of alkyl halides is 3. The Kier molecular flexibility index (Phi) is 6.38. The van der Waals surface area contributed by atoms with Crippen LogP contribution >= 0.6 is 0 Å². The van der Waals surface area contributed by atoms with Crippen LogP contribution in [0.25, 0.3) is 0 Å². The third-order valence-electron chi connectivity index (χ3n) is 5.57. The Hall–Kier alpha value is -2.50. The van der Waals surface area contributed by atoms with Gasteiger partial charge < -0.3 is 10.8 Å². The third-order valence-corrected chi connectivity index (χ3v) is 7.45. The average molecular weight is 474 g/mol. The number of anilines is 1. The maximum Gasteiger partial charge on any atom is 0.421 e. The Morgan fingerprint density at radius 1 is 1.19 bits per heavy atom. The van der Waals surface area contributed by atoms with Crippen molar-refractivity contribution in [2.24, 2.45) is 5.73 Å². The van der Waals surface area contributed by atoms with Crippen molar-refractivity contribution in [3.8, 4) is 0 Å². The maximum absolute atomic E-state index is 13.4. The first-order chi connectivity index (χ1) is 14.8. The second-order valence-electron chi connectivity index (χ2n) is 7.81. The van der Waals surface area contributed by atoms with Gasteiger partial charge in [0.05, 0.1) is 23.2 Å². The minimum atomic E-state index is -4.94. The number of rotatable bonds is 6. The van der Waals surface area contributed by atoms with E-state index < -0.39 is 39.2 Å². The van der Waals surface area contributed by atoms with Crippen molar-refractivity contribution in [2.45, 2.75) is 48.9 Å². The lowest BCUT2D eigenvalue weighted by molar-refractivity contribution is -0.258. The molecule has 1 aliphatic heterocycles. The summed E-state index contributed by atoms with van der Waals surface area (Å²) >= 11 is 0. The van der Waals surface area contributed by atoms with E-state index in [2.05, 4.69) is 0 Å². The van der Waals surface area contributed by atoms with Gasteiger partial charge in [0.2, 0.25) is 0 Å². The number of carbonyl (C=O) groups is 1. The van der Waals surface area contributed by atoms with Crippen molar-refractivity contribution in [1.82, 2.24) is 0 Å². The molecule has 32 heavy (non-hydrogen) atoms. The number of hydrogen-bond acceptors (Lipinski definition) is 5. The number of ketones is 1. The van der Waals surface area contributed by atoms with E-state index in [-0.39, 0.29) is 47.7 Å².